The molecule has 3 aromatic carbocycles. The number of carbonyl (C=O) groups is 1. The summed E-state index contributed by atoms with van der Waals surface area (Å²) < 4.78 is 0. The molecule has 1 aliphatic heterocycles. The van der Waals surface area contributed by atoms with Crippen molar-refractivity contribution < 1.29 is 4.79 Å². The molecule has 3 aromatic rings. The van der Waals surface area contributed by atoms with Gasteiger partial charge in [-0.15, -0.1) is 0 Å². The Morgan fingerprint density at radius 1 is 0.913 bits per heavy atom. The van der Waals surface area contributed by atoms with E-state index in [1.807, 2.05) is 17.0 Å². The van der Waals surface area contributed by atoms with Gasteiger partial charge in [-0.1, -0.05) is 60.7 Å². The van der Waals surface area contributed by atoms with E-state index >= 15 is 0 Å². The summed E-state index contributed by atoms with van der Waals surface area (Å²) in [6.45, 7) is 0.813. The fourth-order valence-corrected chi connectivity index (χ4v) is 3.48. The van der Waals surface area contributed by atoms with Gasteiger partial charge >= 0.3 is 0 Å². The van der Waals surface area contributed by atoms with E-state index in [1.165, 1.54) is 21.9 Å². The number of carbonyl (C=O) groups excluding carboxylic acids is 1. The van der Waals surface area contributed by atoms with Crippen LogP contribution in [0.2, 0.25) is 0 Å². The second-order valence-corrected chi connectivity index (χ2v) is 6.06. The number of fused-ring (bicyclic) bond motifs is 2. The number of amides is 1. The second-order valence-electron chi connectivity index (χ2n) is 6.06. The van der Waals surface area contributed by atoms with Crippen LogP contribution in [0.15, 0.2) is 66.7 Å². The van der Waals surface area contributed by atoms with Crippen LogP contribution in [0.5, 0.6) is 0 Å². The van der Waals surface area contributed by atoms with Crippen LogP contribution >= 0.6 is 0 Å². The fourth-order valence-electron chi connectivity index (χ4n) is 3.48. The maximum atomic E-state index is 12.6. The van der Waals surface area contributed by atoms with Gasteiger partial charge in [0, 0.05) is 18.7 Å². The first-order chi connectivity index (χ1) is 11.3. The predicted octanol–water partition coefficient (Wildman–Crippen LogP) is 4.36. The number of nitrogens with zero attached hydrogens (tertiary/aromatic N) is 1. The van der Waals surface area contributed by atoms with Gasteiger partial charge in [-0.25, -0.2) is 0 Å². The molecule has 0 spiro atoms. The molecule has 1 heterocycles. The zero-order chi connectivity index (χ0) is 15.6. The lowest BCUT2D eigenvalue weighted by Crippen LogP contribution is -2.29. The molecule has 0 atom stereocenters. The Bertz CT molecular complexity index is 863. The Balaban J connectivity index is 1.52. The zero-order valence-electron chi connectivity index (χ0n) is 13.0. The van der Waals surface area contributed by atoms with E-state index in [1.54, 1.807) is 0 Å². The highest BCUT2D eigenvalue weighted by atomic mass is 16.2. The Hall–Kier alpha value is -2.61. The smallest absolute Gasteiger partial charge is 0.227 e. The minimum absolute atomic E-state index is 0.225. The van der Waals surface area contributed by atoms with Gasteiger partial charge in [0.25, 0.3) is 0 Å². The van der Waals surface area contributed by atoms with Crippen molar-refractivity contribution in [1.29, 1.82) is 0 Å². The Kier molecular flexibility index (Phi) is 3.58. The van der Waals surface area contributed by atoms with E-state index < -0.39 is 0 Å². The van der Waals surface area contributed by atoms with Crippen LogP contribution in [0, 0.1) is 0 Å². The molecule has 114 valence electrons. The molecule has 0 aromatic heterocycles. The Morgan fingerprint density at radius 2 is 1.70 bits per heavy atom. The SMILES string of the molecule is O=C(CCc1cccc2ccccc12)N1CCc2ccccc21. The van der Waals surface area contributed by atoms with Gasteiger partial charge in [-0.2, -0.15) is 0 Å². The van der Waals surface area contributed by atoms with Crippen LogP contribution in [0.25, 0.3) is 10.8 Å². The first-order valence-corrected chi connectivity index (χ1v) is 8.18. The van der Waals surface area contributed by atoms with Gasteiger partial charge in [0.15, 0.2) is 0 Å². The van der Waals surface area contributed by atoms with Crippen molar-refractivity contribution in [3.05, 3.63) is 77.9 Å². The zero-order valence-corrected chi connectivity index (χ0v) is 13.0. The monoisotopic (exact) mass is 301 g/mol. The van der Waals surface area contributed by atoms with Crippen molar-refractivity contribution in [1.82, 2.24) is 0 Å². The molecule has 2 nitrogen and oxygen atoms in total. The molecular formula is C21H19NO. The third-order valence-electron chi connectivity index (χ3n) is 4.68. The molecule has 0 bridgehead atoms. The number of rotatable bonds is 3. The lowest BCUT2D eigenvalue weighted by Gasteiger charge is -2.17. The normalized spacial score (nSPS) is 13.3. The van der Waals surface area contributed by atoms with Crippen molar-refractivity contribution in [2.75, 3.05) is 11.4 Å². The van der Waals surface area contributed by atoms with Crippen LogP contribution in [-0.2, 0) is 17.6 Å². The van der Waals surface area contributed by atoms with Crippen LogP contribution in [0.4, 0.5) is 5.69 Å². The summed E-state index contributed by atoms with van der Waals surface area (Å²) in [6.07, 6.45) is 2.32. The first kappa shape index (κ1) is 14.0. The largest absolute Gasteiger partial charge is 0.312 e. The highest BCUT2D eigenvalue weighted by Crippen LogP contribution is 2.28. The van der Waals surface area contributed by atoms with Crippen LogP contribution in [0.3, 0.4) is 0 Å². The average molecular weight is 301 g/mol. The third kappa shape index (κ3) is 2.61. The fraction of sp³-hybridized carbons (Fsp3) is 0.190. The Morgan fingerprint density at radius 3 is 2.65 bits per heavy atom. The maximum Gasteiger partial charge on any atom is 0.227 e. The number of hydrogen-bond donors (Lipinski definition) is 0. The molecule has 0 unspecified atom stereocenters. The number of aryl methyl sites for hydroxylation is 1. The molecular weight excluding hydrogens is 282 g/mol. The van der Waals surface area contributed by atoms with E-state index in [0.717, 1.165) is 25.1 Å². The summed E-state index contributed by atoms with van der Waals surface area (Å²) >= 11 is 0. The van der Waals surface area contributed by atoms with E-state index in [9.17, 15) is 4.79 Å². The van der Waals surface area contributed by atoms with E-state index in [2.05, 4.69) is 54.6 Å². The van der Waals surface area contributed by atoms with Crippen molar-refractivity contribution in [3.63, 3.8) is 0 Å². The molecule has 2 heteroatoms. The molecule has 4 rings (SSSR count). The number of hydrogen-bond acceptors (Lipinski definition) is 1. The van der Waals surface area contributed by atoms with E-state index in [0.29, 0.717) is 6.42 Å². The third-order valence-corrected chi connectivity index (χ3v) is 4.68. The highest BCUT2D eigenvalue weighted by Gasteiger charge is 2.23. The number of benzene rings is 3. The molecule has 0 aliphatic carbocycles. The van der Waals surface area contributed by atoms with E-state index in [4.69, 9.17) is 0 Å². The summed E-state index contributed by atoms with van der Waals surface area (Å²) in [5, 5.41) is 2.49. The molecule has 0 N–H and O–H groups in total. The Labute approximate surface area is 136 Å². The van der Waals surface area contributed by atoms with Crippen molar-refractivity contribution in [2.24, 2.45) is 0 Å². The molecule has 0 saturated heterocycles. The molecule has 0 radical (unpaired) electrons. The molecule has 1 aliphatic rings. The summed E-state index contributed by atoms with van der Waals surface area (Å²) in [6, 6.07) is 22.9. The van der Waals surface area contributed by atoms with Gasteiger partial charge in [0.05, 0.1) is 0 Å². The second kappa shape index (κ2) is 5.88. The number of anilines is 1. The van der Waals surface area contributed by atoms with Crippen LogP contribution < -0.4 is 4.90 Å². The molecule has 0 saturated carbocycles. The minimum atomic E-state index is 0.225. The predicted molar refractivity (Wildman–Crippen MR) is 94.8 cm³/mol. The van der Waals surface area contributed by atoms with Crippen molar-refractivity contribution >= 4 is 22.4 Å². The minimum Gasteiger partial charge on any atom is -0.312 e. The summed E-state index contributed by atoms with van der Waals surface area (Å²) in [5.41, 5.74) is 3.63. The van der Waals surface area contributed by atoms with Crippen molar-refractivity contribution in [3.8, 4) is 0 Å². The number of para-hydroxylation sites is 1. The molecule has 0 fully saturated rings. The average Bonchev–Trinajstić information content (AvgIpc) is 3.04. The van der Waals surface area contributed by atoms with Gasteiger partial charge < -0.3 is 4.90 Å². The molecule has 1 amide bonds. The van der Waals surface area contributed by atoms with Crippen LogP contribution in [-0.4, -0.2) is 12.5 Å². The van der Waals surface area contributed by atoms with Gasteiger partial charge in [-0.05, 0) is 40.8 Å². The summed E-state index contributed by atoms with van der Waals surface area (Å²) in [4.78, 5) is 14.6. The lowest BCUT2D eigenvalue weighted by atomic mass is 10.0. The summed E-state index contributed by atoms with van der Waals surface area (Å²) in [5.74, 6) is 0.225. The van der Waals surface area contributed by atoms with Crippen molar-refractivity contribution in [2.45, 2.75) is 19.3 Å². The topological polar surface area (TPSA) is 20.3 Å². The lowest BCUT2D eigenvalue weighted by molar-refractivity contribution is -0.118. The standard InChI is InChI=1S/C21H19NO/c23-21(22-15-14-18-7-2-4-11-20(18)22)13-12-17-9-5-8-16-6-1-3-10-19(16)17/h1-11H,12-15H2. The van der Waals surface area contributed by atoms with Gasteiger partial charge in [0.1, 0.15) is 0 Å². The van der Waals surface area contributed by atoms with Gasteiger partial charge in [0.2, 0.25) is 5.91 Å². The summed E-state index contributed by atoms with van der Waals surface area (Å²) in [7, 11) is 0. The van der Waals surface area contributed by atoms with E-state index in [-0.39, 0.29) is 5.91 Å². The molecule has 23 heavy (non-hydrogen) atoms. The maximum absolute atomic E-state index is 12.6. The quantitative estimate of drug-likeness (QED) is 0.704. The van der Waals surface area contributed by atoms with Gasteiger partial charge in [-0.3, -0.25) is 4.79 Å². The first-order valence-electron chi connectivity index (χ1n) is 8.18. The van der Waals surface area contributed by atoms with Crippen LogP contribution in [0.1, 0.15) is 17.5 Å². The highest BCUT2D eigenvalue weighted by molar-refractivity contribution is 5.96.